The van der Waals surface area contributed by atoms with E-state index >= 15 is 0 Å². The largest absolute Gasteiger partial charge is 0.390 e. The fourth-order valence-electron chi connectivity index (χ4n) is 2.56. The van der Waals surface area contributed by atoms with E-state index in [2.05, 4.69) is 10.0 Å². The van der Waals surface area contributed by atoms with Crippen LogP contribution in [0.3, 0.4) is 0 Å². The third kappa shape index (κ3) is 5.89. The van der Waals surface area contributed by atoms with E-state index < -0.39 is 23.8 Å². The number of carbonyl (C=O) groups is 1. The maximum atomic E-state index is 11.3. The normalized spacial score (nSPS) is 18.0. The highest BCUT2D eigenvalue weighted by atomic mass is 16.3. The lowest BCUT2D eigenvalue weighted by Crippen LogP contribution is -2.63. The van der Waals surface area contributed by atoms with Gasteiger partial charge in [0.25, 0.3) is 0 Å². The van der Waals surface area contributed by atoms with Crippen LogP contribution in [0.2, 0.25) is 0 Å². The molecular weight excluding hydrogens is 274 g/mol. The van der Waals surface area contributed by atoms with Crippen molar-refractivity contribution in [3.63, 3.8) is 0 Å². The lowest BCUT2D eigenvalue weighted by molar-refractivity contribution is -0.141. The van der Waals surface area contributed by atoms with Crippen LogP contribution in [-0.2, 0) is 4.79 Å². The molecule has 4 N–H and O–H groups in total. The molecule has 0 aliphatic heterocycles. The number of hydrogen-bond acceptors (Lipinski definition) is 5. The molecule has 0 aliphatic carbocycles. The number of rotatable bonds is 11. The highest BCUT2D eigenvalue weighted by molar-refractivity contribution is 5.48. The standard InChI is InChI=1S/C13H27N5O3/c1-4-11(20)13(3,21)12(10(2)14)18(9-19)8-6-5-7-16-17-15/h9-12,20-21H,4-8,14H2,1-3H3/t10-,11-,12-,13-/m1/s1. The number of aliphatic hydroxyl groups is 2. The number of nitrogens with two attached hydrogens (primary N) is 1. The lowest BCUT2D eigenvalue weighted by Gasteiger charge is -2.43. The maximum Gasteiger partial charge on any atom is 0.210 e. The smallest absolute Gasteiger partial charge is 0.210 e. The molecule has 0 spiro atoms. The monoisotopic (exact) mass is 301 g/mol. The minimum absolute atomic E-state index is 0.361. The van der Waals surface area contributed by atoms with Gasteiger partial charge in [-0.1, -0.05) is 12.0 Å². The van der Waals surface area contributed by atoms with Gasteiger partial charge in [0, 0.05) is 24.0 Å². The summed E-state index contributed by atoms with van der Waals surface area (Å²) in [5.41, 5.74) is 12.6. The van der Waals surface area contributed by atoms with Gasteiger partial charge in [-0.2, -0.15) is 0 Å². The zero-order chi connectivity index (χ0) is 16.5. The van der Waals surface area contributed by atoms with Crippen molar-refractivity contribution in [2.45, 2.75) is 63.8 Å². The highest BCUT2D eigenvalue weighted by Crippen LogP contribution is 2.24. The highest BCUT2D eigenvalue weighted by Gasteiger charge is 2.43. The van der Waals surface area contributed by atoms with Gasteiger partial charge in [0.05, 0.1) is 12.1 Å². The van der Waals surface area contributed by atoms with E-state index in [4.69, 9.17) is 11.3 Å². The SMILES string of the molecule is CC[C@@H](O)[C@@](C)(O)[C@@H]([C@@H](C)N)N(C=O)CCCCN=[N+]=[N-]. The molecule has 0 aliphatic rings. The first-order chi connectivity index (χ1) is 9.82. The molecule has 122 valence electrons. The van der Waals surface area contributed by atoms with Crippen LogP contribution in [0.1, 0.15) is 40.0 Å². The lowest BCUT2D eigenvalue weighted by atomic mass is 9.84. The quantitative estimate of drug-likeness (QED) is 0.171. The number of carbonyl (C=O) groups excluding carboxylic acids is 1. The summed E-state index contributed by atoms with van der Waals surface area (Å²) >= 11 is 0. The molecule has 0 unspecified atom stereocenters. The molecule has 0 radical (unpaired) electrons. The summed E-state index contributed by atoms with van der Waals surface area (Å²) in [4.78, 5) is 15.4. The Hall–Kier alpha value is -1.34. The van der Waals surface area contributed by atoms with Crippen LogP contribution in [-0.4, -0.2) is 58.4 Å². The summed E-state index contributed by atoms with van der Waals surface area (Å²) in [6.45, 7) is 5.68. The van der Waals surface area contributed by atoms with Gasteiger partial charge in [0.2, 0.25) is 6.41 Å². The van der Waals surface area contributed by atoms with Crippen LogP contribution in [0.25, 0.3) is 10.4 Å². The second-order valence-corrected chi connectivity index (χ2v) is 5.46. The first-order valence-electron chi connectivity index (χ1n) is 7.20. The van der Waals surface area contributed by atoms with Gasteiger partial charge >= 0.3 is 0 Å². The Kier molecular flexibility index (Phi) is 8.96. The molecule has 0 bridgehead atoms. The predicted molar refractivity (Wildman–Crippen MR) is 80.4 cm³/mol. The van der Waals surface area contributed by atoms with Crippen molar-refractivity contribution < 1.29 is 15.0 Å². The molecule has 8 heteroatoms. The van der Waals surface area contributed by atoms with Gasteiger partial charge in [-0.05, 0) is 38.6 Å². The molecule has 21 heavy (non-hydrogen) atoms. The number of hydrogen-bond donors (Lipinski definition) is 3. The Morgan fingerprint density at radius 3 is 2.57 bits per heavy atom. The van der Waals surface area contributed by atoms with Gasteiger partial charge in [-0.25, -0.2) is 0 Å². The van der Waals surface area contributed by atoms with Crippen molar-refractivity contribution >= 4 is 6.41 Å². The number of unbranched alkanes of at least 4 members (excludes halogenated alkanes) is 1. The van der Waals surface area contributed by atoms with Crippen molar-refractivity contribution in [3.8, 4) is 0 Å². The fourth-order valence-corrected chi connectivity index (χ4v) is 2.56. The second kappa shape index (κ2) is 9.57. The van der Waals surface area contributed by atoms with E-state index in [-0.39, 0.29) is 0 Å². The summed E-state index contributed by atoms with van der Waals surface area (Å²) in [6.07, 6.45) is 1.29. The van der Waals surface area contributed by atoms with Crippen molar-refractivity contribution in [2.24, 2.45) is 10.8 Å². The molecular formula is C13H27N5O3. The van der Waals surface area contributed by atoms with Crippen LogP contribution < -0.4 is 5.73 Å². The number of nitrogens with zero attached hydrogens (tertiary/aromatic N) is 4. The summed E-state index contributed by atoms with van der Waals surface area (Å²) in [6, 6.07) is -1.19. The Morgan fingerprint density at radius 1 is 1.52 bits per heavy atom. The average Bonchev–Trinajstić information content (AvgIpc) is 2.43. The third-order valence-electron chi connectivity index (χ3n) is 3.64. The van der Waals surface area contributed by atoms with Crippen LogP contribution >= 0.6 is 0 Å². The number of aliphatic hydroxyl groups excluding tert-OH is 1. The first kappa shape index (κ1) is 19.7. The number of azide groups is 1. The predicted octanol–water partition coefficient (Wildman–Crippen LogP) is 0.773. The molecule has 1 amide bonds. The van der Waals surface area contributed by atoms with E-state index in [1.54, 1.807) is 13.8 Å². The summed E-state index contributed by atoms with van der Waals surface area (Å²) in [5, 5.41) is 24.0. The van der Waals surface area contributed by atoms with Gasteiger partial charge < -0.3 is 20.8 Å². The fraction of sp³-hybridized carbons (Fsp3) is 0.923. The van der Waals surface area contributed by atoms with E-state index in [1.165, 1.54) is 11.8 Å². The van der Waals surface area contributed by atoms with E-state index in [9.17, 15) is 15.0 Å². The Bertz CT molecular complexity index is 356. The van der Waals surface area contributed by atoms with Crippen molar-refractivity contribution in [3.05, 3.63) is 10.4 Å². The Balaban J connectivity index is 4.88. The molecule has 0 fully saturated rings. The first-order valence-corrected chi connectivity index (χ1v) is 7.20. The van der Waals surface area contributed by atoms with Gasteiger partial charge in [-0.3, -0.25) is 4.79 Å². The zero-order valence-corrected chi connectivity index (χ0v) is 13.0. The molecule has 4 atom stereocenters. The molecule has 0 heterocycles. The molecule has 0 saturated carbocycles. The van der Waals surface area contributed by atoms with Gasteiger partial charge in [-0.15, -0.1) is 0 Å². The summed E-state index contributed by atoms with van der Waals surface area (Å²) in [7, 11) is 0. The summed E-state index contributed by atoms with van der Waals surface area (Å²) in [5.74, 6) is 0. The Morgan fingerprint density at radius 2 is 2.14 bits per heavy atom. The van der Waals surface area contributed by atoms with Crippen LogP contribution in [0, 0.1) is 0 Å². The third-order valence-corrected chi connectivity index (χ3v) is 3.64. The van der Waals surface area contributed by atoms with Crippen LogP contribution in [0.15, 0.2) is 5.11 Å². The van der Waals surface area contributed by atoms with Crippen molar-refractivity contribution in [2.75, 3.05) is 13.1 Å². The van der Waals surface area contributed by atoms with Gasteiger partial charge in [0.15, 0.2) is 0 Å². The van der Waals surface area contributed by atoms with Gasteiger partial charge in [0.1, 0.15) is 5.60 Å². The Labute approximate surface area is 125 Å². The average molecular weight is 301 g/mol. The van der Waals surface area contributed by atoms with Crippen LogP contribution in [0.4, 0.5) is 0 Å². The molecule has 0 saturated heterocycles. The molecule has 0 aromatic rings. The molecule has 0 aromatic carbocycles. The van der Waals surface area contributed by atoms with Crippen LogP contribution in [0.5, 0.6) is 0 Å². The minimum atomic E-state index is -1.49. The minimum Gasteiger partial charge on any atom is -0.390 e. The molecule has 8 nitrogen and oxygen atoms in total. The summed E-state index contributed by atoms with van der Waals surface area (Å²) < 4.78 is 0. The van der Waals surface area contributed by atoms with Crippen molar-refractivity contribution in [1.29, 1.82) is 0 Å². The van der Waals surface area contributed by atoms with E-state index in [1.807, 2.05) is 0 Å². The van der Waals surface area contributed by atoms with Crippen molar-refractivity contribution in [1.82, 2.24) is 4.90 Å². The maximum absolute atomic E-state index is 11.3. The molecule has 0 rings (SSSR count). The molecule has 0 aromatic heterocycles. The second-order valence-electron chi connectivity index (χ2n) is 5.46. The number of amides is 1. The zero-order valence-electron chi connectivity index (χ0n) is 13.0. The topological polar surface area (TPSA) is 136 Å². The van der Waals surface area contributed by atoms with E-state index in [0.717, 1.165) is 0 Å². The van der Waals surface area contributed by atoms with E-state index in [0.29, 0.717) is 38.8 Å².